The Morgan fingerprint density at radius 3 is 2.58 bits per heavy atom. The number of para-hydroxylation sites is 1. The zero-order chi connectivity index (χ0) is 23.6. The Hall–Kier alpha value is -3.98. The highest BCUT2D eigenvalue weighted by Crippen LogP contribution is 2.35. The smallest absolute Gasteiger partial charge is 0.335 e. The van der Waals surface area contributed by atoms with Crippen molar-refractivity contribution in [2.24, 2.45) is 0 Å². The molecule has 2 aromatic carbocycles. The van der Waals surface area contributed by atoms with E-state index in [1.54, 1.807) is 24.4 Å². The lowest BCUT2D eigenvalue weighted by Crippen LogP contribution is -2.20. The van der Waals surface area contributed by atoms with E-state index < -0.39 is 12.0 Å². The number of carbonyl (C=O) groups is 2. The van der Waals surface area contributed by atoms with E-state index in [0.29, 0.717) is 26.8 Å². The fraction of sp³-hybridized carbons (Fsp3) is 0.167. The lowest BCUT2D eigenvalue weighted by molar-refractivity contribution is 0.0697. The van der Waals surface area contributed by atoms with Crippen LogP contribution in [0.4, 0.5) is 15.6 Å². The number of ether oxygens (including phenoxy) is 1. The highest BCUT2D eigenvalue weighted by Gasteiger charge is 2.20. The molecular weight excluding hydrogens is 440 g/mol. The monoisotopic (exact) mass is 462 g/mol. The minimum Gasteiger partial charge on any atom is -0.478 e. The van der Waals surface area contributed by atoms with Crippen molar-refractivity contribution < 1.29 is 19.4 Å². The fourth-order valence-corrected chi connectivity index (χ4v) is 4.11. The Kier molecular flexibility index (Phi) is 5.97. The van der Waals surface area contributed by atoms with E-state index in [1.165, 1.54) is 23.5 Å². The lowest BCUT2D eigenvalue weighted by Gasteiger charge is -2.22. The van der Waals surface area contributed by atoms with Gasteiger partial charge in [0.25, 0.3) is 0 Å². The number of hydrogen-bond donors (Lipinski definition) is 3. The van der Waals surface area contributed by atoms with E-state index >= 15 is 0 Å². The number of urea groups is 1. The number of benzene rings is 2. The highest BCUT2D eigenvalue weighted by atomic mass is 32.1. The first-order valence-electron chi connectivity index (χ1n) is 10.1. The summed E-state index contributed by atoms with van der Waals surface area (Å²) in [6.45, 7) is 6.28. The normalized spacial score (nSPS) is 11.2. The summed E-state index contributed by atoms with van der Waals surface area (Å²) < 4.78 is 6.74. The van der Waals surface area contributed by atoms with Crippen LogP contribution in [0.15, 0.2) is 60.8 Å². The Labute approximate surface area is 194 Å². The van der Waals surface area contributed by atoms with E-state index in [0.717, 1.165) is 5.56 Å². The molecule has 0 saturated heterocycles. The van der Waals surface area contributed by atoms with Crippen LogP contribution < -0.4 is 15.4 Å². The number of carboxylic acids is 1. The molecule has 8 nitrogen and oxygen atoms in total. The number of fused-ring (bicyclic) bond motifs is 1. The first-order valence-corrected chi connectivity index (χ1v) is 11.0. The Balaban J connectivity index is 1.52. The van der Waals surface area contributed by atoms with Gasteiger partial charge in [0.05, 0.1) is 15.8 Å². The van der Waals surface area contributed by atoms with Crippen molar-refractivity contribution in [3.63, 3.8) is 0 Å². The summed E-state index contributed by atoms with van der Waals surface area (Å²) in [5, 5.41) is 14.9. The van der Waals surface area contributed by atoms with E-state index in [1.807, 2.05) is 24.3 Å². The molecule has 2 aromatic heterocycles. The lowest BCUT2D eigenvalue weighted by atomic mass is 9.86. The molecule has 3 N–H and O–H groups in total. The van der Waals surface area contributed by atoms with Gasteiger partial charge in [-0.1, -0.05) is 50.3 Å². The molecule has 4 aromatic rings. The second kappa shape index (κ2) is 8.87. The van der Waals surface area contributed by atoms with Crippen LogP contribution >= 0.6 is 11.3 Å². The van der Waals surface area contributed by atoms with Crippen molar-refractivity contribution >= 4 is 44.4 Å². The van der Waals surface area contributed by atoms with Crippen LogP contribution in [0.1, 0.15) is 36.7 Å². The average Bonchev–Trinajstić information content (AvgIpc) is 3.16. The van der Waals surface area contributed by atoms with Crippen LogP contribution in [0.2, 0.25) is 0 Å². The molecule has 0 unspecified atom stereocenters. The van der Waals surface area contributed by atoms with Crippen LogP contribution in [0.3, 0.4) is 0 Å². The number of anilines is 2. The Bertz CT molecular complexity index is 1340. The first kappa shape index (κ1) is 22.2. The molecule has 0 radical (unpaired) electrons. The van der Waals surface area contributed by atoms with E-state index in [2.05, 4.69) is 41.4 Å². The Morgan fingerprint density at radius 1 is 1.03 bits per heavy atom. The molecule has 0 saturated carbocycles. The maximum atomic E-state index is 12.6. The molecule has 0 atom stereocenters. The number of amides is 2. The van der Waals surface area contributed by atoms with Crippen molar-refractivity contribution in [2.75, 3.05) is 10.6 Å². The number of nitrogens with one attached hydrogen (secondary N) is 2. The van der Waals surface area contributed by atoms with Crippen molar-refractivity contribution in [1.82, 2.24) is 9.97 Å². The molecule has 9 heteroatoms. The SMILES string of the molecule is CC(C)(C)c1ccccc1Oc1ncccc1NC(=O)Nc1nc2ccc(C(=O)O)cc2s1. The molecule has 0 spiro atoms. The van der Waals surface area contributed by atoms with Gasteiger partial charge in [-0.3, -0.25) is 5.32 Å². The van der Waals surface area contributed by atoms with E-state index in [4.69, 9.17) is 9.84 Å². The van der Waals surface area contributed by atoms with Crippen LogP contribution in [-0.2, 0) is 5.41 Å². The van der Waals surface area contributed by atoms with Gasteiger partial charge in [-0.15, -0.1) is 0 Å². The number of rotatable bonds is 5. The third kappa shape index (κ3) is 5.09. The van der Waals surface area contributed by atoms with Crippen LogP contribution in [0.25, 0.3) is 10.2 Å². The molecule has 168 valence electrons. The molecule has 0 fully saturated rings. The van der Waals surface area contributed by atoms with Crippen LogP contribution in [-0.4, -0.2) is 27.1 Å². The van der Waals surface area contributed by atoms with E-state index in [-0.39, 0.29) is 16.9 Å². The molecule has 2 amide bonds. The van der Waals surface area contributed by atoms with Crippen LogP contribution in [0, 0.1) is 0 Å². The Morgan fingerprint density at radius 2 is 1.82 bits per heavy atom. The predicted octanol–water partition coefficient (Wildman–Crippen LogP) is 6.12. The van der Waals surface area contributed by atoms with Gasteiger partial charge in [-0.25, -0.2) is 19.6 Å². The molecule has 0 aliphatic rings. The van der Waals surface area contributed by atoms with Gasteiger partial charge >= 0.3 is 12.0 Å². The molecule has 0 bridgehead atoms. The molecule has 2 heterocycles. The maximum Gasteiger partial charge on any atom is 0.335 e. The van der Waals surface area contributed by atoms with Gasteiger partial charge in [0.15, 0.2) is 5.13 Å². The first-order chi connectivity index (χ1) is 15.7. The number of pyridine rings is 1. The summed E-state index contributed by atoms with van der Waals surface area (Å²) in [6, 6.07) is 15.2. The van der Waals surface area contributed by atoms with Crippen molar-refractivity contribution in [3.05, 3.63) is 71.9 Å². The van der Waals surface area contributed by atoms with Gasteiger partial charge in [-0.05, 0) is 41.8 Å². The molecule has 33 heavy (non-hydrogen) atoms. The largest absolute Gasteiger partial charge is 0.478 e. The summed E-state index contributed by atoms with van der Waals surface area (Å²) in [5.41, 5.74) is 2.04. The summed E-state index contributed by atoms with van der Waals surface area (Å²) in [7, 11) is 0. The standard InChI is InChI=1S/C24H22N4O4S/c1-24(2,3)15-7-4-5-9-18(15)32-20-17(8-6-12-25-20)26-22(31)28-23-27-16-11-10-14(21(29)30)13-19(16)33-23/h4-13H,1-3H3,(H,29,30)(H2,26,27,28,31). The second-order valence-electron chi connectivity index (χ2n) is 8.29. The number of hydrogen-bond acceptors (Lipinski definition) is 6. The number of nitrogens with zero attached hydrogens (tertiary/aromatic N) is 2. The summed E-state index contributed by atoms with van der Waals surface area (Å²) in [6.07, 6.45) is 1.59. The highest BCUT2D eigenvalue weighted by molar-refractivity contribution is 7.22. The van der Waals surface area contributed by atoms with Crippen molar-refractivity contribution in [2.45, 2.75) is 26.2 Å². The number of aromatic nitrogens is 2. The summed E-state index contributed by atoms with van der Waals surface area (Å²) in [4.78, 5) is 32.4. The minimum absolute atomic E-state index is 0.135. The van der Waals surface area contributed by atoms with Gasteiger partial charge < -0.3 is 15.2 Å². The van der Waals surface area contributed by atoms with Gasteiger partial charge in [0, 0.05) is 11.8 Å². The molecular formula is C24H22N4O4S. The third-order valence-corrected chi connectivity index (χ3v) is 5.71. The van der Waals surface area contributed by atoms with Crippen LogP contribution in [0.5, 0.6) is 11.6 Å². The fourth-order valence-electron chi connectivity index (χ4n) is 3.21. The van der Waals surface area contributed by atoms with Crippen molar-refractivity contribution in [3.8, 4) is 11.6 Å². The summed E-state index contributed by atoms with van der Waals surface area (Å²) in [5.74, 6) is -0.0954. The zero-order valence-electron chi connectivity index (χ0n) is 18.2. The van der Waals surface area contributed by atoms with E-state index in [9.17, 15) is 9.59 Å². The summed E-state index contributed by atoms with van der Waals surface area (Å²) >= 11 is 1.19. The zero-order valence-corrected chi connectivity index (χ0v) is 19.1. The number of carboxylic acid groups (broad SMARTS) is 1. The van der Waals surface area contributed by atoms with Crippen molar-refractivity contribution in [1.29, 1.82) is 0 Å². The average molecular weight is 463 g/mol. The van der Waals surface area contributed by atoms with Gasteiger partial charge in [-0.2, -0.15) is 0 Å². The predicted molar refractivity (Wildman–Crippen MR) is 129 cm³/mol. The molecule has 0 aliphatic carbocycles. The quantitative estimate of drug-likeness (QED) is 0.329. The second-order valence-corrected chi connectivity index (χ2v) is 9.32. The van der Waals surface area contributed by atoms with Gasteiger partial charge in [0.1, 0.15) is 11.4 Å². The topological polar surface area (TPSA) is 113 Å². The minimum atomic E-state index is -1.02. The third-order valence-electron chi connectivity index (χ3n) is 4.78. The number of thiazole rings is 1. The molecule has 0 aliphatic heterocycles. The molecule has 4 rings (SSSR count). The number of carbonyl (C=O) groups excluding carboxylic acids is 1. The van der Waals surface area contributed by atoms with Gasteiger partial charge in [0.2, 0.25) is 5.88 Å². The number of aromatic carboxylic acids is 1. The maximum absolute atomic E-state index is 12.6.